The molecule has 3 amide bonds. The molecule has 3 N–H and O–H groups in total. The normalized spacial score (nSPS) is 16.4. The second-order valence-corrected chi connectivity index (χ2v) is 12.9. The van der Waals surface area contributed by atoms with Crippen LogP contribution in [0.2, 0.25) is 0 Å². The third-order valence-electron chi connectivity index (χ3n) is 9.02. The molecule has 0 bridgehead atoms. The number of nitrogens with zero attached hydrogens (tertiary/aromatic N) is 3. The minimum absolute atomic E-state index is 0.165. The highest BCUT2D eigenvalue weighted by molar-refractivity contribution is 5.90. The van der Waals surface area contributed by atoms with Gasteiger partial charge in [-0.1, -0.05) is 76.3 Å². The van der Waals surface area contributed by atoms with Gasteiger partial charge >= 0.3 is 6.09 Å². The molecule has 1 aromatic heterocycles. The third kappa shape index (κ3) is 11.5. The Hall–Kier alpha value is -3.40. The third-order valence-corrected chi connectivity index (χ3v) is 9.02. The number of aromatic nitrogens is 2. The maximum atomic E-state index is 14.1. The second kappa shape index (κ2) is 18.5. The highest BCUT2D eigenvalue weighted by Gasteiger charge is 2.36. The summed E-state index contributed by atoms with van der Waals surface area (Å²) in [6, 6.07) is 8.04. The van der Waals surface area contributed by atoms with Gasteiger partial charge in [0.25, 0.3) is 5.91 Å². The number of nitrogens with one attached hydrogen (secondary N) is 2. The summed E-state index contributed by atoms with van der Waals surface area (Å²) in [7, 11) is 1.58. The number of aromatic amines is 1. The summed E-state index contributed by atoms with van der Waals surface area (Å²) >= 11 is 0. The standard InChI is InChI=1S/C35H55N5O5/c1-6-40(7-2)35(44)45-32(21-27-16-12-9-13-17-27)34(43)39(5)30(22-28-23-36-24-37-28)33(42)38-29(31(41)19-18-25(3)4)20-26-14-10-8-11-15-26/h9,12-13,16-17,23-26,29-32,41H,6-8,10-11,14-15,18-22H2,1-5H3,(H,36,37)(H,38,42)/t29?,30-,31?,32?/m0/s1. The van der Waals surface area contributed by atoms with E-state index in [1.54, 1.807) is 13.2 Å². The van der Waals surface area contributed by atoms with E-state index in [-0.39, 0.29) is 18.7 Å². The van der Waals surface area contributed by atoms with Crippen LogP contribution in [0, 0.1) is 11.8 Å². The van der Waals surface area contributed by atoms with Gasteiger partial charge in [-0.15, -0.1) is 0 Å². The van der Waals surface area contributed by atoms with Gasteiger partial charge in [0.15, 0.2) is 6.10 Å². The van der Waals surface area contributed by atoms with Crippen molar-refractivity contribution in [2.75, 3.05) is 20.1 Å². The molecule has 1 aliphatic rings. The number of carbonyl (C=O) groups is 3. The first-order valence-electron chi connectivity index (χ1n) is 16.8. The van der Waals surface area contributed by atoms with Gasteiger partial charge in [-0.3, -0.25) is 9.59 Å². The maximum absolute atomic E-state index is 14.1. The molecule has 1 saturated carbocycles. The second-order valence-electron chi connectivity index (χ2n) is 12.9. The minimum atomic E-state index is -1.13. The van der Waals surface area contributed by atoms with Crippen molar-refractivity contribution in [2.24, 2.45) is 11.8 Å². The van der Waals surface area contributed by atoms with Crippen molar-refractivity contribution in [3.05, 3.63) is 54.1 Å². The number of H-pyrrole nitrogens is 1. The smallest absolute Gasteiger partial charge is 0.410 e. The number of aliphatic hydroxyl groups is 1. The van der Waals surface area contributed by atoms with E-state index in [0.29, 0.717) is 43.5 Å². The van der Waals surface area contributed by atoms with Gasteiger partial charge in [0, 0.05) is 39.2 Å². The van der Waals surface area contributed by atoms with Crippen molar-refractivity contribution in [3.63, 3.8) is 0 Å². The van der Waals surface area contributed by atoms with Crippen molar-refractivity contribution in [3.8, 4) is 0 Å². The van der Waals surface area contributed by atoms with E-state index in [4.69, 9.17) is 4.74 Å². The van der Waals surface area contributed by atoms with Crippen LogP contribution in [0.4, 0.5) is 4.79 Å². The summed E-state index contributed by atoms with van der Waals surface area (Å²) in [6.45, 7) is 8.86. The lowest BCUT2D eigenvalue weighted by Crippen LogP contribution is -2.56. The van der Waals surface area contributed by atoms with Gasteiger partial charge in [-0.05, 0) is 50.5 Å². The molecular weight excluding hydrogens is 570 g/mol. The zero-order valence-electron chi connectivity index (χ0n) is 27.9. The van der Waals surface area contributed by atoms with Gasteiger partial charge < -0.3 is 29.9 Å². The van der Waals surface area contributed by atoms with Crippen LogP contribution in [0.5, 0.6) is 0 Å². The van der Waals surface area contributed by atoms with E-state index < -0.39 is 36.3 Å². The number of benzene rings is 1. The Bertz CT molecular complexity index is 1150. The Balaban J connectivity index is 1.87. The fourth-order valence-electron chi connectivity index (χ4n) is 6.15. The van der Waals surface area contributed by atoms with Crippen LogP contribution in [-0.2, 0) is 27.2 Å². The van der Waals surface area contributed by atoms with Crippen molar-refractivity contribution in [1.82, 2.24) is 25.1 Å². The number of ether oxygens (including phenoxy) is 1. The lowest BCUT2D eigenvalue weighted by Gasteiger charge is -2.34. The molecule has 2 aromatic rings. The summed E-state index contributed by atoms with van der Waals surface area (Å²) in [5, 5.41) is 14.5. The van der Waals surface area contributed by atoms with Gasteiger partial charge in [0.05, 0.1) is 24.2 Å². The molecule has 4 atom stereocenters. The number of carbonyl (C=O) groups excluding carboxylic acids is 3. The van der Waals surface area contributed by atoms with Gasteiger partial charge in [0.2, 0.25) is 5.91 Å². The van der Waals surface area contributed by atoms with Crippen LogP contribution in [-0.4, -0.2) is 87.2 Å². The summed E-state index contributed by atoms with van der Waals surface area (Å²) < 4.78 is 5.82. The number of aliphatic hydroxyl groups excluding tert-OH is 1. The molecule has 0 saturated heterocycles. The highest BCUT2D eigenvalue weighted by Crippen LogP contribution is 2.29. The largest absolute Gasteiger partial charge is 0.436 e. The Kier molecular flexibility index (Phi) is 14.9. The molecule has 1 aromatic carbocycles. The highest BCUT2D eigenvalue weighted by atomic mass is 16.6. The van der Waals surface area contributed by atoms with E-state index in [0.717, 1.165) is 24.8 Å². The lowest BCUT2D eigenvalue weighted by atomic mass is 9.83. The van der Waals surface area contributed by atoms with Crippen LogP contribution in [0.1, 0.15) is 90.3 Å². The average molecular weight is 626 g/mol. The quantitative estimate of drug-likeness (QED) is 0.224. The van der Waals surface area contributed by atoms with Crippen molar-refractivity contribution >= 4 is 17.9 Å². The topological polar surface area (TPSA) is 128 Å². The van der Waals surface area contributed by atoms with E-state index in [9.17, 15) is 19.5 Å². The minimum Gasteiger partial charge on any atom is -0.436 e. The van der Waals surface area contributed by atoms with Gasteiger partial charge in [0.1, 0.15) is 6.04 Å². The molecular formula is C35H55N5O5. The lowest BCUT2D eigenvalue weighted by molar-refractivity contribution is -0.146. The number of hydrogen-bond donors (Lipinski definition) is 3. The fraction of sp³-hybridized carbons (Fsp3) is 0.657. The molecule has 0 spiro atoms. The molecule has 0 aliphatic heterocycles. The first-order chi connectivity index (χ1) is 21.6. The number of imidazole rings is 1. The van der Waals surface area contributed by atoms with Crippen LogP contribution >= 0.6 is 0 Å². The summed E-state index contributed by atoms with van der Waals surface area (Å²) in [5.41, 5.74) is 1.46. The Morgan fingerprint density at radius 3 is 2.33 bits per heavy atom. The number of rotatable bonds is 17. The van der Waals surface area contributed by atoms with E-state index >= 15 is 0 Å². The Morgan fingerprint density at radius 2 is 1.73 bits per heavy atom. The van der Waals surface area contributed by atoms with E-state index in [1.165, 1.54) is 35.4 Å². The molecule has 0 radical (unpaired) electrons. The molecule has 10 nitrogen and oxygen atoms in total. The fourth-order valence-corrected chi connectivity index (χ4v) is 6.15. The van der Waals surface area contributed by atoms with Crippen LogP contribution in [0.15, 0.2) is 42.9 Å². The molecule has 250 valence electrons. The zero-order valence-corrected chi connectivity index (χ0v) is 27.9. The molecule has 45 heavy (non-hydrogen) atoms. The first kappa shape index (κ1) is 36.1. The van der Waals surface area contributed by atoms with Crippen LogP contribution in [0.3, 0.4) is 0 Å². The number of hydrogen-bond acceptors (Lipinski definition) is 6. The van der Waals surface area contributed by atoms with Gasteiger partial charge in [-0.25, -0.2) is 9.78 Å². The Labute approximate surface area is 269 Å². The number of likely N-dealkylation sites (N-methyl/N-ethyl adjacent to an activating group) is 1. The summed E-state index contributed by atoms with van der Waals surface area (Å²) in [4.78, 5) is 51.5. The predicted molar refractivity (Wildman–Crippen MR) is 175 cm³/mol. The van der Waals surface area contributed by atoms with Gasteiger partial charge in [-0.2, -0.15) is 0 Å². The Morgan fingerprint density at radius 1 is 1.04 bits per heavy atom. The maximum Gasteiger partial charge on any atom is 0.410 e. The SMILES string of the molecule is CCN(CC)C(=O)OC(Cc1ccccc1)C(=O)N(C)[C@@H](Cc1c[nH]cn1)C(=O)NC(CC1CCCCC1)C(O)CCC(C)C. The molecule has 1 fully saturated rings. The van der Waals surface area contributed by atoms with E-state index in [1.807, 2.05) is 44.2 Å². The predicted octanol–water partition coefficient (Wildman–Crippen LogP) is 5.12. The monoisotopic (exact) mass is 625 g/mol. The number of amides is 3. The van der Waals surface area contributed by atoms with Crippen molar-refractivity contribution in [2.45, 2.75) is 116 Å². The zero-order chi connectivity index (χ0) is 32.8. The first-order valence-corrected chi connectivity index (χ1v) is 16.8. The molecule has 10 heteroatoms. The molecule has 3 unspecified atom stereocenters. The molecule has 1 heterocycles. The summed E-state index contributed by atoms with van der Waals surface area (Å²) in [6.07, 6.45) is 9.09. The molecule has 1 aliphatic carbocycles. The van der Waals surface area contributed by atoms with Crippen molar-refractivity contribution < 1.29 is 24.2 Å². The molecule has 3 rings (SSSR count). The van der Waals surface area contributed by atoms with Crippen molar-refractivity contribution in [1.29, 1.82) is 0 Å². The summed E-state index contributed by atoms with van der Waals surface area (Å²) in [5.74, 6) is 0.0464. The van der Waals surface area contributed by atoms with Crippen LogP contribution < -0.4 is 5.32 Å². The van der Waals surface area contributed by atoms with Crippen LogP contribution in [0.25, 0.3) is 0 Å². The van der Waals surface area contributed by atoms with E-state index in [2.05, 4.69) is 29.1 Å². The average Bonchev–Trinajstić information content (AvgIpc) is 3.56.